The molecule has 3 aromatic rings. The van der Waals surface area contributed by atoms with E-state index in [0.29, 0.717) is 22.0 Å². The lowest BCUT2D eigenvalue weighted by Crippen LogP contribution is -2.33. The number of halogens is 1. The summed E-state index contributed by atoms with van der Waals surface area (Å²) in [5.41, 5.74) is 6.77. The average Bonchev–Trinajstić information content (AvgIpc) is 3.52. The summed E-state index contributed by atoms with van der Waals surface area (Å²) >= 11 is 6.20. The molecule has 3 N–H and O–H groups in total. The maximum absolute atomic E-state index is 13.5. The normalized spacial score (nSPS) is 22.6. The fourth-order valence-corrected chi connectivity index (χ4v) is 4.41. The Labute approximate surface area is 168 Å². The van der Waals surface area contributed by atoms with Crippen molar-refractivity contribution < 1.29 is 0 Å². The molecule has 2 fully saturated rings. The summed E-state index contributed by atoms with van der Waals surface area (Å²) < 4.78 is 1.86. The van der Waals surface area contributed by atoms with E-state index >= 15 is 0 Å². The topological polar surface area (TPSA) is 85.8 Å². The van der Waals surface area contributed by atoms with Crippen molar-refractivity contribution in [3.63, 3.8) is 0 Å². The molecule has 28 heavy (non-hydrogen) atoms. The zero-order chi connectivity index (χ0) is 19.3. The smallest absolute Gasteiger partial charge is 0.260 e. The van der Waals surface area contributed by atoms with Crippen molar-refractivity contribution in [3.8, 4) is 0 Å². The van der Waals surface area contributed by atoms with Crippen molar-refractivity contribution in [1.29, 1.82) is 0 Å². The lowest BCUT2D eigenvalue weighted by Gasteiger charge is -2.28. The lowest BCUT2D eigenvalue weighted by molar-refractivity contribution is 0.324. The fourth-order valence-electron chi connectivity index (χ4n) is 4.24. The fraction of sp³-hybridized carbons (Fsp3) is 0.476. The molecule has 0 radical (unpaired) electrons. The molecule has 0 spiro atoms. The van der Waals surface area contributed by atoms with Gasteiger partial charge in [0.05, 0.1) is 0 Å². The molecular weight excluding hydrogens is 374 g/mol. The minimum Gasteiger partial charge on any atom is -0.354 e. The van der Waals surface area contributed by atoms with Crippen LogP contribution in [0.1, 0.15) is 44.6 Å². The van der Waals surface area contributed by atoms with Crippen molar-refractivity contribution >= 4 is 39.4 Å². The Morgan fingerprint density at radius 3 is 2.64 bits per heavy atom. The first-order chi connectivity index (χ1) is 13.6. The molecule has 0 amide bonds. The molecule has 1 aromatic carbocycles. The third-order valence-corrected chi connectivity index (χ3v) is 6.31. The number of nitrogens with one attached hydrogen (secondary N) is 1. The zero-order valence-electron chi connectivity index (χ0n) is 15.7. The first kappa shape index (κ1) is 17.9. The van der Waals surface area contributed by atoms with Gasteiger partial charge in [-0.2, -0.15) is 4.98 Å². The maximum Gasteiger partial charge on any atom is 0.260 e. The predicted molar refractivity (Wildman–Crippen MR) is 113 cm³/mol. The number of fused-ring (bicyclic) bond motifs is 3. The molecule has 0 bridgehead atoms. The van der Waals surface area contributed by atoms with Crippen LogP contribution in [0, 0.1) is 5.92 Å². The molecule has 2 aromatic heterocycles. The Kier molecular flexibility index (Phi) is 4.48. The summed E-state index contributed by atoms with van der Waals surface area (Å²) in [5, 5.41) is 6.25. The van der Waals surface area contributed by atoms with Gasteiger partial charge in [-0.3, -0.25) is 9.36 Å². The third-order valence-electron chi connectivity index (χ3n) is 6.07. The van der Waals surface area contributed by atoms with Gasteiger partial charge in [-0.1, -0.05) is 17.7 Å². The summed E-state index contributed by atoms with van der Waals surface area (Å²) in [6, 6.07) is 5.78. The van der Waals surface area contributed by atoms with Gasteiger partial charge in [0.25, 0.3) is 5.56 Å². The van der Waals surface area contributed by atoms with Crippen LogP contribution >= 0.6 is 11.6 Å². The molecule has 146 valence electrons. The summed E-state index contributed by atoms with van der Waals surface area (Å²) in [6.07, 6.45) is 7.97. The van der Waals surface area contributed by atoms with Gasteiger partial charge in [0.15, 0.2) is 0 Å². The number of nitrogens with zero attached hydrogens (tertiary/aromatic N) is 3. The van der Waals surface area contributed by atoms with Crippen LogP contribution in [0.15, 0.2) is 29.2 Å². The molecule has 2 saturated carbocycles. The largest absolute Gasteiger partial charge is 0.354 e. The molecule has 2 aliphatic carbocycles. The minimum atomic E-state index is -0.0303. The number of pyridine rings is 1. The standard InChI is InChI=1S/C21H24ClN5O/c22-13-3-8-16-17(9-13)20(28)27(15-6-4-14(23)5-7-15)19-18(16)11-25-21(26-19)24-10-12-1-2-12/h3,8-9,11-12,14-15H,1-2,4-7,10,23H2,(H,24,25,26)/t14-,15-. The Balaban J connectivity index is 1.70. The van der Waals surface area contributed by atoms with Crippen molar-refractivity contribution in [3.05, 3.63) is 39.8 Å². The zero-order valence-corrected chi connectivity index (χ0v) is 16.5. The van der Waals surface area contributed by atoms with E-state index in [-0.39, 0.29) is 17.6 Å². The second kappa shape index (κ2) is 7.01. The van der Waals surface area contributed by atoms with E-state index in [9.17, 15) is 4.79 Å². The minimum absolute atomic E-state index is 0.0303. The first-order valence-electron chi connectivity index (χ1n) is 10.1. The van der Waals surface area contributed by atoms with E-state index in [4.69, 9.17) is 22.3 Å². The van der Waals surface area contributed by atoms with Crippen LogP contribution < -0.4 is 16.6 Å². The van der Waals surface area contributed by atoms with E-state index in [1.807, 2.05) is 22.9 Å². The van der Waals surface area contributed by atoms with Crippen molar-refractivity contribution in [1.82, 2.24) is 14.5 Å². The highest BCUT2D eigenvalue weighted by molar-refractivity contribution is 6.31. The van der Waals surface area contributed by atoms with Crippen LogP contribution in [0.4, 0.5) is 5.95 Å². The summed E-state index contributed by atoms with van der Waals surface area (Å²) in [5.74, 6) is 1.31. The average molecular weight is 398 g/mol. The van der Waals surface area contributed by atoms with Crippen molar-refractivity contribution in [2.75, 3.05) is 11.9 Å². The predicted octanol–water partition coefficient (Wildman–Crippen LogP) is 3.86. The molecule has 0 unspecified atom stereocenters. The van der Waals surface area contributed by atoms with Gasteiger partial charge in [-0.25, -0.2) is 4.98 Å². The van der Waals surface area contributed by atoms with Gasteiger partial charge in [0, 0.05) is 40.6 Å². The molecule has 0 saturated heterocycles. The quantitative estimate of drug-likeness (QED) is 0.653. The van der Waals surface area contributed by atoms with Crippen molar-refractivity contribution in [2.24, 2.45) is 11.7 Å². The van der Waals surface area contributed by atoms with Crippen LogP contribution in [0.25, 0.3) is 21.8 Å². The van der Waals surface area contributed by atoms with E-state index in [1.54, 1.807) is 6.07 Å². The number of nitrogens with two attached hydrogens (primary N) is 1. The van der Waals surface area contributed by atoms with E-state index < -0.39 is 0 Å². The first-order valence-corrected chi connectivity index (χ1v) is 10.5. The number of rotatable bonds is 4. The van der Waals surface area contributed by atoms with Gasteiger partial charge in [0.2, 0.25) is 5.95 Å². The molecule has 0 aliphatic heterocycles. The Bertz CT molecular complexity index is 1100. The number of aromatic nitrogens is 3. The molecule has 5 rings (SSSR count). The summed E-state index contributed by atoms with van der Waals surface area (Å²) in [6.45, 7) is 0.886. The number of hydrogen-bond acceptors (Lipinski definition) is 5. The third kappa shape index (κ3) is 3.25. The van der Waals surface area contributed by atoms with Crippen LogP contribution in [0.5, 0.6) is 0 Å². The van der Waals surface area contributed by atoms with E-state index in [2.05, 4.69) is 10.3 Å². The van der Waals surface area contributed by atoms with Gasteiger partial charge in [0.1, 0.15) is 5.65 Å². The van der Waals surface area contributed by atoms with Crippen LogP contribution in [0.2, 0.25) is 5.02 Å². The van der Waals surface area contributed by atoms with Gasteiger partial charge < -0.3 is 11.1 Å². The number of hydrogen-bond donors (Lipinski definition) is 2. The molecule has 7 heteroatoms. The molecule has 0 atom stereocenters. The van der Waals surface area contributed by atoms with E-state index in [1.165, 1.54) is 12.8 Å². The van der Waals surface area contributed by atoms with Gasteiger partial charge in [-0.05, 0) is 62.0 Å². The monoisotopic (exact) mass is 397 g/mol. The molecule has 2 heterocycles. The summed E-state index contributed by atoms with van der Waals surface area (Å²) in [7, 11) is 0. The maximum atomic E-state index is 13.5. The van der Waals surface area contributed by atoms with Crippen LogP contribution in [-0.4, -0.2) is 27.1 Å². The van der Waals surface area contributed by atoms with Crippen LogP contribution in [0.3, 0.4) is 0 Å². The second-order valence-electron chi connectivity index (χ2n) is 8.19. The highest BCUT2D eigenvalue weighted by atomic mass is 35.5. The number of benzene rings is 1. The van der Waals surface area contributed by atoms with Gasteiger partial charge in [-0.15, -0.1) is 0 Å². The molecule has 6 nitrogen and oxygen atoms in total. The van der Waals surface area contributed by atoms with Crippen LogP contribution in [-0.2, 0) is 0 Å². The second-order valence-corrected chi connectivity index (χ2v) is 8.63. The number of anilines is 1. The Morgan fingerprint density at radius 1 is 1.11 bits per heavy atom. The van der Waals surface area contributed by atoms with E-state index in [0.717, 1.165) is 48.9 Å². The molecule has 2 aliphatic rings. The lowest BCUT2D eigenvalue weighted by atomic mass is 9.91. The Morgan fingerprint density at radius 2 is 1.89 bits per heavy atom. The van der Waals surface area contributed by atoms with Gasteiger partial charge >= 0.3 is 0 Å². The van der Waals surface area contributed by atoms with Crippen molar-refractivity contribution in [2.45, 2.75) is 50.6 Å². The summed E-state index contributed by atoms with van der Waals surface area (Å²) in [4.78, 5) is 22.8. The highest BCUT2D eigenvalue weighted by Gasteiger charge is 2.25. The highest BCUT2D eigenvalue weighted by Crippen LogP contribution is 2.32. The molecular formula is C21H24ClN5O. The Hall–Kier alpha value is -2.18. The SMILES string of the molecule is N[C@H]1CC[C@H](n2c(=O)c3cc(Cl)ccc3c3cnc(NCC4CC4)nc32)CC1.